The van der Waals surface area contributed by atoms with E-state index in [1.807, 2.05) is 13.8 Å². The first-order chi connectivity index (χ1) is 14.6. The standard InChI is InChI=1S/C21H37N5O5/c1-13(2)9-16(12-27)25-19(29)14(3)24-18(28)11-23-20(30)17(26-21(22)31)10-15-7-5-4-6-8-15/h12-17H,4-11H2,1-3H3,(H,23,30)(H,24,28)(H,25,29)(H3,22,26,31)/t14?,16-,17?/m0/s1. The summed E-state index contributed by atoms with van der Waals surface area (Å²) in [6.45, 7) is 5.02. The first kappa shape index (κ1) is 26.4. The maximum absolute atomic E-state index is 12.5. The highest BCUT2D eigenvalue weighted by Crippen LogP contribution is 2.27. The Labute approximate surface area is 183 Å². The second-order valence-electron chi connectivity index (χ2n) is 8.69. The third-order valence-electron chi connectivity index (χ3n) is 5.34. The van der Waals surface area contributed by atoms with Crippen molar-refractivity contribution in [3.8, 4) is 0 Å². The fourth-order valence-electron chi connectivity index (χ4n) is 3.77. The number of carbonyl (C=O) groups is 5. The van der Waals surface area contributed by atoms with Gasteiger partial charge in [-0.15, -0.1) is 0 Å². The molecule has 2 unspecified atom stereocenters. The van der Waals surface area contributed by atoms with Gasteiger partial charge in [0.1, 0.15) is 18.4 Å². The second kappa shape index (κ2) is 13.6. The zero-order chi connectivity index (χ0) is 23.4. The number of amides is 5. The molecule has 0 aliphatic heterocycles. The highest BCUT2D eigenvalue weighted by atomic mass is 16.2. The van der Waals surface area contributed by atoms with Crippen LogP contribution in [0, 0.1) is 11.8 Å². The largest absolute Gasteiger partial charge is 0.352 e. The predicted octanol–water partition coefficient (Wildman–Crippen LogP) is 0.344. The fraction of sp³-hybridized carbons (Fsp3) is 0.762. The summed E-state index contributed by atoms with van der Waals surface area (Å²) < 4.78 is 0. The number of nitrogens with one attached hydrogen (secondary N) is 4. The molecule has 10 heteroatoms. The molecule has 3 atom stereocenters. The zero-order valence-corrected chi connectivity index (χ0v) is 18.7. The van der Waals surface area contributed by atoms with E-state index < -0.39 is 41.9 Å². The first-order valence-electron chi connectivity index (χ1n) is 11.0. The van der Waals surface area contributed by atoms with E-state index in [0.29, 0.717) is 25.0 Å². The van der Waals surface area contributed by atoms with Gasteiger partial charge < -0.3 is 31.8 Å². The molecular weight excluding hydrogens is 402 g/mol. The molecule has 0 radical (unpaired) electrons. The molecule has 0 saturated heterocycles. The van der Waals surface area contributed by atoms with Crippen molar-refractivity contribution in [3.05, 3.63) is 0 Å². The third-order valence-corrected chi connectivity index (χ3v) is 5.34. The Hall–Kier alpha value is -2.65. The van der Waals surface area contributed by atoms with Crippen molar-refractivity contribution in [3.63, 3.8) is 0 Å². The number of aldehydes is 1. The van der Waals surface area contributed by atoms with Gasteiger partial charge in [0.05, 0.1) is 12.6 Å². The highest BCUT2D eigenvalue weighted by Gasteiger charge is 2.26. The van der Waals surface area contributed by atoms with E-state index in [1.165, 1.54) is 13.3 Å². The molecule has 1 fully saturated rings. The fourth-order valence-corrected chi connectivity index (χ4v) is 3.77. The number of rotatable bonds is 12. The Balaban J connectivity index is 2.49. The number of hydrogen-bond acceptors (Lipinski definition) is 5. The van der Waals surface area contributed by atoms with E-state index in [-0.39, 0.29) is 12.5 Å². The molecule has 0 aromatic rings. The SMILES string of the molecule is CC(C)C[C@@H](C=O)NC(=O)C(C)NC(=O)CNC(=O)C(CC1CCCCC1)NC(N)=O. The van der Waals surface area contributed by atoms with E-state index in [4.69, 9.17) is 5.73 Å². The van der Waals surface area contributed by atoms with Crippen molar-refractivity contribution in [2.24, 2.45) is 17.6 Å². The number of hydrogen-bond donors (Lipinski definition) is 5. The van der Waals surface area contributed by atoms with E-state index in [1.54, 1.807) is 0 Å². The Morgan fingerprint density at radius 2 is 1.61 bits per heavy atom. The number of nitrogens with two attached hydrogens (primary N) is 1. The summed E-state index contributed by atoms with van der Waals surface area (Å²) in [6.07, 6.45) is 7.00. The molecule has 0 heterocycles. The van der Waals surface area contributed by atoms with Gasteiger partial charge in [-0.2, -0.15) is 0 Å². The normalized spacial score (nSPS) is 17.2. The van der Waals surface area contributed by atoms with Gasteiger partial charge >= 0.3 is 6.03 Å². The van der Waals surface area contributed by atoms with Gasteiger partial charge in [-0.25, -0.2) is 4.79 Å². The Bertz CT molecular complexity index is 634. The molecule has 1 aliphatic carbocycles. The molecule has 0 aromatic carbocycles. The second-order valence-corrected chi connectivity index (χ2v) is 8.69. The molecule has 1 rings (SSSR count). The third kappa shape index (κ3) is 10.8. The van der Waals surface area contributed by atoms with E-state index >= 15 is 0 Å². The van der Waals surface area contributed by atoms with Gasteiger partial charge in [0.15, 0.2) is 0 Å². The molecule has 1 aliphatic rings. The van der Waals surface area contributed by atoms with Gasteiger partial charge in [-0.3, -0.25) is 14.4 Å². The predicted molar refractivity (Wildman–Crippen MR) is 116 cm³/mol. The zero-order valence-electron chi connectivity index (χ0n) is 18.7. The molecule has 31 heavy (non-hydrogen) atoms. The Morgan fingerprint density at radius 3 is 2.16 bits per heavy atom. The summed E-state index contributed by atoms with van der Waals surface area (Å²) in [5.74, 6) is -0.979. The Morgan fingerprint density at radius 1 is 0.968 bits per heavy atom. The molecule has 6 N–H and O–H groups in total. The average Bonchev–Trinajstić information content (AvgIpc) is 2.70. The maximum atomic E-state index is 12.5. The topological polar surface area (TPSA) is 159 Å². The van der Waals surface area contributed by atoms with Crippen LogP contribution in [0.5, 0.6) is 0 Å². The molecule has 10 nitrogen and oxygen atoms in total. The molecule has 0 aromatic heterocycles. The van der Waals surface area contributed by atoms with Gasteiger partial charge in [-0.1, -0.05) is 46.0 Å². The summed E-state index contributed by atoms with van der Waals surface area (Å²) in [5, 5.41) is 10.0. The van der Waals surface area contributed by atoms with Crippen molar-refractivity contribution < 1.29 is 24.0 Å². The van der Waals surface area contributed by atoms with Crippen LogP contribution < -0.4 is 27.0 Å². The lowest BCUT2D eigenvalue weighted by Crippen LogP contribution is -2.53. The van der Waals surface area contributed by atoms with Crippen LogP contribution in [0.25, 0.3) is 0 Å². The molecular formula is C21H37N5O5. The number of carbonyl (C=O) groups excluding carboxylic acids is 5. The maximum Gasteiger partial charge on any atom is 0.312 e. The highest BCUT2D eigenvalue weighted by molar-refractivity contribution is 5.92. The first-order valence-corrected chi connectivity index (χ1v) is 11.0. The van der Waals surface area contributed by atoms with Crippen LogP contribution in [-0.4, -0.2) is 54.7 Å². The number of urea groups is 1. The van der Waals surface area contributed by atoms with Gasteiger partial charge in [0, 0.05) is 0 Å². The summed E-state index contributed by atoms with van der Waals surface area (Å²) in [5.41, 5.74) is 5.19. The summed E-state index contributed by atoms with van der Waals surface area (Å²) in [6, 6.07) is -3.09. The molecule has 1 saturated carbocycles. The van der Waals surface area contributed by atoms with Gasteiger partial charge in [-0.05, 0) is 31.6 Å². The Kier molecular flexibility index (Phi) is 11.6. The van der Waals surface area contributed by atoms with Gasteiger partial charge in [0.2, 0.25) is 17.7 Å². The summed E-state index contributed by atoms with van der Waals surface area (Å²) in [4.78, 5) is 59.2. The van der Waals surface area contributed by atoms with Crippen molar-refractivity contribution in [2.45, 2.75) is 83.8 Å². The van der Waals surface area contributed by atoms with Crippen LogP contribution in [0.1, 0.15) is 65.7 Å². The molecule has 0 bridgehead atoms. The number of primary amides is 1. The van der Waals surface area contributed by atoms with Crippen LogP contribution in [0.2, 0.25) is 0 Å². The lowest BCUT2D eigenvalue weighted by Gasteiger charge is -2.26. The van der Waals surface area contributed by atoms with Gasteiger partial charge in [0.25, 0.3) is 0 Å². The van der Waals surface area contributed by atoms with E-state index in [9.17, 15) is 24.0 Å². The summed E-state index contributed by atoms with van der Waals surface area (Å²) in [7, 11) is 0. The molecule has 176 valence electrons. The minimum Gasteiger partial charge on any atom is -0.352 e. The van der Waals surface area contributed by atoms with E-state index in [2.05, 4.69) is 21.3 Å². The van der Waals surface area contributed by atoms with Crippen molar-refractivity contribution in [1.29, 1.82) is 0 Å². The van der Waals surface area contributed by atoms with Crippen LogP contribution in [-0.2, 0) is 19.2 Å². The lowest BCUT2D eigenvalue weighted by atomic mass is 9.84. The lowest BCUT2D eigenvalue weighted by molar-refractivity contribution is -0.130. The smallest absolute Gasteiger partial charge is 0.312 e. The van der Waals surface area contributed by atoms with Crippen molar-refractivity contribution in [1.82, 2.24) is 21.3 Å². The molecule has 0 spiro atoms. The van der Waals surface area contributed by atoms with Crippen molar-refractivity contribution >= 4 is 30.0 Å². The van der Waals surface area contributed by atoms with Crippen LogP contribution in [0.4, 0.5) is 4.79 Å². The van der Waals surface area contributed by atoms with Crippen LogP contribution in [0.3, 0.4) is 0 Å². The monoisotopic (exact) mass is 439 g/mol. The quantitative estimate of drug-likeness (QED) is 0.277. The molecule has 5 amide bonds. The summed E-state index contributed by atoms with van der Waals surface area (Å²) >= 11 is 0. The minimum atomic E-state index is -0.874. The van der Waals surface area contributed by atoms with E-state index in [0.717, 1.165) is 25.7 Å². The van der Waals surface area contributed by atoms with Crippen LogP contribution in [0.15, 0.2) is 0 Å². The van der Waals surface area contributed by atoms with Crippen LogP contribution >= 0.6 is 0 Å². The van der Waals surface area contributed by atoms with Crippen molar-refractivity contribution in [2.75, 3.05) is 6.54 Å². The average molecular weight is 440 g/mol. The minimum absolute atomic E-state index is 0.228.